The summed E-state index contributed by atoms with van der Waals surface area (Å²) < 4.78 is 22.9. The molecule has 1 aromatic carbocycles. The van der Waals surface area contributed by atoms with E-state index in [1.807, 2.05) is 35.7 Å². The fourth-order valence-electron chi connectivity index (χ4n) is 2.21. The van der Waals surface area contributed by atoms with Crippen LogP contribution in [0, 0.1) is 0 Å². The van der Waals surface area contributed by atoms with Crippen LogP contribution >= 0.6 is 11.3 Å². The minimum absolute atomic E-state index is 0.0949. The second-order valence-corrected chi connectivity index (χ2v) is 7.66. The molecule has 1 aliphatic rings. The Bertz CT molecular complexity index is 647. The van der Waals surface area contributed by atoms with Crippen LogP contribution in [0.25, 0.3) is 11.3 Å². The summed E-state index contributed by atoms with van der Waals surface area (Å²) in [5, 5.41) is 2.96. The van der Waals surface area contributed by atoms with Crippen molar-refractivity contribution in [2.24, 2.45) is 0 Å². The summed E-state index contributed by atoms with van der Waals surface area (Å²) in [4.78, 5) is 4.58. The molecular formula is C13H13NO2S2. The number of thiazole rings is 1. The molecule has 2 aromatic rings. The van der Waals surface area contributed by atoms with E-state index in [4.69, 9.17) is 0 Å². The summed E-state index contributed by atoms with van der Waals surface area (Å²) in [6.45, 7) is 0. The molecule has 1 saturated heterocycles. The van der Waals surface area contributed by atoms with Gasteiger partial charge in [-0.05, 0) is 6.42 Å². The van der Waals surface area contributed by atoms with Crippen LogP contribution in [0.15, 0.2) is 35.7 Å². The highest BCUT2D eigenvalue weighted by molar-refractivity contribution is 7.91. The van der Waals surface area contributed by atoms with Crippen LogP contribution in [-0.4, -0.2) is 24.9 Å². The fourth-order valence-corrected chi connectivity index (χ4v) is 5.03. The van der Waals surface area contributed by atoms with E-state index in [0.29, 0.717) is 12.2 Å². The largest absolute Gasteiger partial charge is 0.241 e. The zero-order valence-electron chi connectivity index (χ0n) is 9.74. The van der Waals surface area contributed by atoms with Crippen molar-refractivity contribution in [3.63, 3.8) is 0 Å². The molecule has 1 unspecified atom stereocenters. The first-order valence-corrected chi connectivity index (χ1v) is 8.55. The molecule has 18 heavy (non-hydrogen) atoms. The van der Waals surface area contributed by atoms with E-state index in [-0.39, 0.29) is 11.7 Å². The van der Waals surface area contributed by atoms with Crippen molar-refractivity contribution in [3.05, 3.63) is 40.7 Å². The number of aromatic nitrogens is 1. The van der Waals surface area contributed by atoms with Crippen molar-refractivity contribution in [1.29, 1.82) is 0 Å². The molecule has 0 N–H and O–H groups in total. The van der Waals surface area contributed by atoms with E-state index < -0.39 is 9.84 Å². The van der Waals surface area contributed by atoms with Crippen LogP contribution in [0.2, 0.25) is 0 Å². The van der Waals surface area contributed by atoms with Gasteiger partial charge >= 0.3 is 0 Å². The minimum atomic E-state index is -2.83. The lowest BCUT2D eigenvalue weighted by Gasteiger charge is -2.01. The standard InChI is InChI=1S/C13H13NO2S2/c15-18(16)7-6-11(9-18)13-14-12(8-17-13)10-4-2-1-3-5-10/h1-5,8,11H,6-7,9H2. The SMILES string of the molecule is O=S1(=O)CCC(c2nc(-c3ccccc3)cs2)C1. The van der Waals surface area contributed by atoms with Gasteiger partial charge in [-0.1, -0.05) is 30.3 Å². The van der Waals surface area contributed by atoms with Gasteiger partial charge in [0.15, 0.2) is 9.84 Å². The lowest BCUT2D eigenvalue weighted by Crippen LogP contribution is -2.03. The van der Waals surface area contributed by atoms with E-state index in [9.17, 15) is 8.42 Å². The third-order valence-corrected chi connectivity index (χ3v) is 5.95. The van der Waals surface area contributed by atoms with E-state index in [1.165, 1.54) is 0 Å². The summed E-state index contributed by atoms with van der Waals surface area (Å²) in [5.41, 5.74) is 2.03. The maximum Gasteiger partial charge on any atom is 0.151 e. The van der Waals surface area contributed by atoms with Crippen molar-refractivity contribution >= 4 is 21.2 Å². The molecular weight excluding hydrogens is 266 g/mol. The molecule has 2 heterocycles. The first-order chi connectivity index (χ1) is 8.64. The Morgan fingerprint density at radius 3 is 2.67 bits per heavy atom. The Kier molecular flexibility index (Phi) is 2.95. The van der Waals surface area contributed by atoms with Gasteiger partial charge in [0.05, 0.1) is 22.2 Å². The molecule has 5 heteroatoms. The smallest absolute Gasteiger partial charge is 0.151 e. The van der Waals surface area contributed by atoms with Crippen molar-refractivity contribution in [1.82, 2.24) is 4.98 Å². The van der Waals surface area contributed by atoms with Crippen LogP contribution in [-0.2, 0) is 9.84 Å². The molecule has 1 atom stereocenters. The molecule has 1 aliphatic heterocycles. The maximum atomic E-state index is 11.5. The van der Waals surface area contributed by atoms with Crippen molar-refractivity contribution < 1.29 is 8.42 Å². The fraction of sp³-hybridized carbons (Fsp3) is 0.308. The number of hydrogen-bond acceptors (Lipinski definition) is 4. The molecule has 0 spiro atoms. The van der Waals surface area contributed by atoms with Gasteiger partial charge in [-0.25, -0.2) is 13.4 Å². The van der Waals surface area contributed by atoms with Crippen molar-refractivity contribution in [3.8, 4) is 11.3 Å². The van der Waals surface area contributed by atoms with Gasteiger partial charge in [-0.15, -0.1) is 11.3 Å². The lowest BCUT2D eigenvalue weighted by atomic mass is 10.1. The van der Waals surface area contributed by atoms with Crippen LogP contribution in [0.3, 0.4) is 0 Å². The predicted octanol–water partition coefficient (Wildman–Crippen LogP) is 2.71. The van der Waals surface area contributed by atoms with Crippen LogP contribution < -0.4 is 0 Å². The van der Waals surface area contributed by atoms with E-state index in [0.717, 1.165) is 16.3 Å². The Balaban J connectivity index is 1.87. The highest BCUT2D eigenvalue weighted by Crippen LogP contribution is 2.33. The van der Waals surface area contributed by atoms with Crippen LogP contribution in [0.1, 0.15) is 17.3 Å². The highest BCUT2D eigenvalue weighted by Gasteiger charge is 2.30. The second-order valence-electron chi connectivity index (χ2n) is 4.54. The highest BCUT2D eigenvalue weighted by atomic mass is 32.2. The average Bonchev–Trinajstić information content (AvgIpc) is 2.96. The van der Waals surface area contributed by atoms with Gasteiger partial charge in [0.25, 0.3) is 0 Å². The number of benzene rings is 1. The normalized spacial score (nSPS) is 22.1. The van der Waals surface area contributed by atoms with Crippen LogP contribution in [0.5, 0.6) is 0 Å². The third-order valence-electron chi connectivity index (χ3n) is 3.17. The summed E-state index contributed by atoms with van der Waals surface area (Å²) >= 11 is 1.57. The molecule has 0 radical (unpaired) electrons. The first kappa shape index (κ1) is 11.9. The monoisotopic (exact) mass is 279 g/mol. The van der Waals surface area contributed by atoms with E-state index in [2.05, 4.69) is 4.98 Å². The van der Waals surface area contributed by atoms with Gasteiger partial charge in [0, 0.05) is 16.9 Å². The number of rotatable bonds is 2. The first-order valence-electron chi connectivity index (χ1n) is 5.85. The summed E-state index contributed by atoms with van der Waals surface area (Å²) in [5.74, 6) is 0.657. The summed E-state index contributed by atoms with van der Waals surface area (Å²) in [6.07, 6.45) is 0.712. The summed E-state index contributed by atoms with van der Waals surface area (Å²) in [7, 11) is -2.83. The molecule has 0 amide bonds. The third kappa shape index (κ3) is 2.33. The Morgan fingerprint density at radius 1 is 1.22 bits per heavy atom. The van der Waals surface area contributed by atoms with Gasteiger partial charge in [0.1, 0.15) is 0 Å². The van der Waals surface area contributed by atoms with E-state index in [1.54, 1.807) is 11.3 Å². The topological polar surface area (TPSA) is 47.0 Å². The Labute approximate surface area is 110 Å². The van der Waals surface area contributed by atoms with Crippen LogP contribution in [0.4, 0.5) is 0 Å². The van der Waals surface area contributed by atoms with Gasteiger partial charge in [0.2, 0.25) is 0 Å². The predicted molar refractivity (Wildman–Crippen MR) is 73.6 cm³/mol. The average molecular weight is 279 g/mol. The second kappa shape index (κ2) is 4.48. The zero-order chi connectivity index (χ0) is 12.6. The maximum absolute atomic E-state index is 11.5. The molecule has 3 rings (SSSR count). The van der Waals surface area contributed by atoms with Gasteiger partial charge in [-0.2, -0.15) is 0 Å². The van der Waals surface area contributed by atoms with Crippen molar-refractivity contribution in [2.45, 2.75) is 12.3 Å². The Hall–Kier alpha value is -1.20. The minimum Gasteiger partial charge on any atom is -0.241 e. The number of hydrogen-bond donors (Lipinski definition) is 0. The molecule has 94 valence electrons. The lowest BCUT2D eigenvalue weighted by molar-refractivity contribution is 0.601. The molecule has 0 aliphatic carbocycles. The molecule has 0 bridgehead atoms. The molecule has 0 saturated carbocycles. The number of nitrogens with zero attached hydrogens (tertiary/aromatic N) is 1. The molecule has 1 aromatic heterocycles. The number of sulfone groups is 1. The zero-order valence-corrected chi connectivity index (χ0v) is 11.4. The quantitative estimate of drug-likeness (QED) is 0.849. The van der Waals surface area contributed by atoms with Gasteiger partial charge in [-0.3, -0.25) is 0 Å². The van der Waals surface area contributed by atoms with E-state index >= 15 is 0 Å². The molecule has 3 nitrogen and oxygen atoms in total. The van der Waals surface area contributed by atoms with Gasteiger partial charge < -0.3 is 0 Å². The molecule has 1 fully saturated rings. The Morgan fingerprint density at radius 2 is 2.00 bits per heavy atom. The van der Waals surface area contributed by atoms with Crippen molar-refractivity contribution in [2.75, 3.05) is 11.5 Å². The summed E-state index contributed by atoms with van der Waals surface area (Å²) in [6, 6.07) is 9.97.